The predicted molar refractivity (Wildman–Crippen MR) is 77.5 cm³/mol. The Balaban J connectivity index is 1.74. The van der Waals surface area contributed by atoms with Gasteiger partial charge in [0.25, 0.3) is 0 Å². The number of hydrogen-bond acceptors (Lipinski definition) is 3. The van der Waals surface area contributed by atoms with Gasteiger partial charge >= 0.3 is 7.12 Å². The Morgan fingerprint density at radius 3 is 2.53 bits per heavy atom. The molecule has 0 aromatic heterocycles. The van der Waals surface area contributed by atoms with E-state index in [2.05, 4.69) is 34.6 Å². The van der Waals surface area contributed by atoms with Gasteiger partial charge in [0.2, 0.25) is 0 Å². The molecule has 4 rings (SSSR count). The van der Waals surface area contributed by atoms with E-state index in [1.165, 1.54) is 6.42 Å². The molecule has 4 heteroatoms. The van der Waals surface area contributed by atoms with Crippen molar-refractivity contribution >= 4 is 7.12 Å². The minimum atomic E-state index is -0.201. The second kappa shape index (κ2) is 4.22. The average molecular weight is 265 g/mol. The molecule has 2 bridgehead atoms. The maximum Gasteiger partial charge on any atom is 0.475 e. The van der Waals surface area contributed by atoms with Crippen molar-refractivity contribution in [1.82, 2.24) is 0 Å². The van der Waals surface area contributed by atoms with Crippen LogP contribution in [0.2, 0.25) is 0 Å². The van der Waals surface area contributed by atoms with E-state index in [0.717, 1.165) is 18.8 Å². The highest BCUT2D eigenvalue weighted by atomic mass is 16.7. The van der Waals surface area contributed by atoms with Gasteiger partial charge in [0.1, 0.15) is 0 Å². The van der Waals surface area contributed by atoms with Gasteiger partial charge < -0.3 is 15.0 Å². The average Bonchev–Trinajstić information content (AvgIpc) is 2.64. The third-order valence-electron chi connectivity index (χ3n) is 6.06. The first-order chi connectivity index (χ1) is 8.75. The molecular weight excluding hydrogens is 237 g/mol. The molecule has 0 aromatic carbocycles. The maximum atomic E-state index is 6.35. The van der Waals surface area contributed by atoms with Gasteiger partial charge in [-0.15, -0.1) is 0 Å². The van der Waals surface area contributed by atoms with Gasteiger partial charge in [0.15, 0.2) is 0 Å². The molecule has 3 nitrogen and oxygen atoms in total. The largest absolute Gasteiger partial charge is 0.475 e. The molecule has 0 amide bonds. The van der Waals surface area contributed by atoms with Crippen LogP contribution in [0.15, 0.2) is 0 Å². The summed E-state index contributed by atoms with van der Waals surface area (Å²) in [7, 11) is -0.201. The first-order valence-electron chi connectivity index (χ1n) is 7.84. The standard InChI is InChI=1S/C15H28BNO2/c1-9(2)6-13(17)16-18-12-8-10-7-11(14(10,3)4)15(12,5)19-16/h9-13H,6-8,17H2,1-5H3/t10-,11-,12?,13-,15-/m0/s1. The van der Waals surface area contributed by atoms with Crippen LogP contribution in [-0.2, 0) is 9.31 Å². The lowest BCUT2D eigenvalue weighted by Gasteiger charge is -2.64. The third-order valence-corrected chi connectivity index (χ3v) is 6.06. The smallest absolute Gasteiger partial charge is 0.404 e. The molecule has 0 spiro atoms. The summed E-state index contributed by atoms with van der Waals surface area (Å²) in [6, 6.07) is 0. The molecular formula is C15H28BNO2. The van der Waals surface area contributed by atoms with E-state index in [9.17, 15) is 0 Å². The molecule has 1 aliphatic heterocycles. The zero-order valence-corrected chi connectivity index (χ0v) is 13.0. The van der Waals surface area contributed by atoms with E-state index in [-0.39, 0.29) is 24.8 Å². The molecule has 3 saturated carbocycles. The summed E-state index contributed by atoms with van der Waals surface area (Å²) in [5, 5.41) is 0. The van der Waals surface area contributed by atoms with Crippen LogP contribution in [0.4, 0.5) is 0 Å². The second-order valence-electron chi connectivity index (χ2n) is 8.13. The van der Waals surface area contributed by atoms with Crippen LogP contribution in [0.1, 0.15) is 53.9 Å². The molecule has 0 aromatic rings. The van der Waals surface area contributed by atoms with E-state index in [0.29, 0.717) is 17.3 Å². The van der Waals surface area contributed by atoms with Gasteiger partial charge in [-0.05, 0) is 49.4 Å². The molecule has 3 aliphatic carbocycles. The van der Waals surface area contributed by atoms with E-state index in [1.807, 2.05) is 0 Å². The summed E-state index contributed by atoms with van der Waals surface area (Å²) < 4.78 is 12.5. The van der Waals surface area contributed by atoms with Gasteiger partial charge in [0, 0.05) is 5.94 Å². The molecule has 0 radical (unpaired) electrons. The molecule has 1 heterocycles. The van der Waals surface area contributed by atoms with Crippen LogP contribution in [0.5, 0.6) is 0 Å². The van der Waals surface area contributed by atoms with Crippen LogP contribution in [-0.4, -0.2) is 24.8 Å². The highest BCUT2D eigenvalue weighted by Gasteiger charge is 2.68. The highest BCUT2D eigenvalue weighted by molar-refractivity contribution is 6.47. The molecule has 19 heavy (non-hydrogen) atoms. The summed E-state index contributed by atoms with van der Waals surface area (Å²) in [5.74, 6) is 2.02. The van der Waals surface area contributed by atoms with Gasteiger partial charge in [-0.3, -0.25) is 0 Å². The summed E-state index contributed by atoms with van der Waals surface area (Å²) in [6.07, 6.45) is 3.67. The minimum Gasteiger partial charge on any atom is -0.404 e. The molecule has 1 unspecified atom stereocenters. The SMILES string of the molecule is CC(C)C[C@H](N)B1OC2C[C@@H]3C[C@@H](C3(C)C)[C@]2(C)O1. The topological polar surface area (TPSA) is 44.5 Å². The normalized spacial score (nSPS) is 45.0. The van der Waals surface area contributed by atoms with E-state index in [4.69, 9.17) is 15.0 Å². The Bertz CT molecular complexity index is 373. The molecule has 1 saturated heterocycles. The van der Waals surface area contributed by atoms with Crippen LogP contribution in [0, 0.1) is 23.2 Å². The molecule has 5 atom stereocenters. The van der Waals surface area contributed by atoms with Crippen molar-refractivity contribution in [2.75, 3.05) is 0 Å². The Hall–Kier alpha value is -0.0551. The van der Waals surface area contributed by atoms with Gasteiger partial charge in [-0.1, -0.05) is 27.7 Å². The highest BCUT2D eigenvalue weighted by Crippen LogP contribution is 2.65. The maximum absolute atomic E-state index is 6.35. The fourth-order valence-corrected chi connectivity index (χ4v) is 4.74. The lowest BCUT2D eigenvalue weighted by molar-refractivity contribution is -0.199. The Morgan fingerprint density at radius 1 is 1.26 bits per heavy atom. The number of hydrogen-bond donors (Lipinski definition) is 1. The third kappa shape index (κ3) is 1.90. The van der Waals surface area contributed by atoms with Crippen LogP contribution >= 0.6 is 0 Å². The van der Waals surface area contributed by atoms with Crippen LogP contribution < -0.4 is 5.73 Å². The zero-order valence-electron chi connectivity index (χ0n) is 13.0. The lowest BCUT2D eigenvalue weighted by atomic mass is 9.43. The van der Waals surface area contributed by atoms with Crippen molar-refractivity contribution in [1.29, 1.82) is 0 Å². The van der Waals surface area contributed by atoms with Gasteiger partial charge in [0.05, 0.1) is 11.7 Å². The van der Waals surface area contributed by atoms with Crippen LogP contribution in [0.25, 0.3) is 0 Å². The van der Waals surface area contributed by atoms with Crippen molar-refractivity contribution in [3.8, 4) is 0 Å². The Kier molecular flexibility index (Phi) is 3.09. The fraction of sp³-hybridized carbons (Fsp3) is 1.00. The second-order valence-corrected chi connectivity index (χ2v) is 8.13. The Morgan fingerprint density at radius 2 is 1.95 bits per heavy atom. The zero-order chi connectivity index (χ0) is 14.0. The van der Waals surface area contributed by atoms with Crippen molar-refractivity contribution < 1.29 is 9.31 Å². The molecule has 4 aliphatic rings. The number of nitrogens with two attached hydrogens (primary N) is 1. The van der Waals surface area contributed by atoms with E-state index in [1.54, 1.807) is 0 Å². The van der Waals surface area contributed by atoms with E-state index >= 15 is 0 Å². The summed E-state index contributed by atoms with van der Waals surface area (Å²) in [5.41, 5.74) is 6.56. The quantitative estimate of drug-likeness (QED) is 0.798. The molecule has 108 valence electrons. The van der Waals surface area contributed by atoms with Crippen molar-refractivity contribution in [2.45, 2.75) is 71.5 Å². The lowest BCUT2D eigenvalue weighted by Crippen LogP contribution is -2.65. The predicted octanol–water partition coefficient (Wildman–Crippen LogP) is 2.63. The minimum absolute atomic E-state index is 0.00253. The monoisotopic (exact) mass is 265 g/mol. The first-order valence-corrected chi connectivity index (χ1v) is 7.84. The first kappa shape index (κ1) is 13.9. The van der Waals surface area contributed by atoms with Crippen molar-refractivity contribution in [3.63, 3.8) is 0 Å². The van der Waals surface area contributed by atoms with Gasteiger partial charge in [-0.25, -0.2) is 0 Å². The molecule has 2 N–H and O–H groups in total. The van der Waals surface area contributed by atoms with Crippen molar-refractivity contribution in [3.05, 3.63) is 0 Å². The fourth-order valence-electron chi connectivity index (χ4n) is 4.74. The molecule has 4 fully saturated rings. The Labute approximate surface area is 117 Å². The van der Waals surface area contributed by atoms with E-state index < -0.39 is 0 Å². The summed E-state index contributed by atoms with van der Waals surface area (Å²) in [6.45, 7) is 11.4. The summed E-state index contributed by atoms with van der Waals surface area (Å²) in [4.78, 5) is 0. The van der Waals surface area contributed by atoms with Crippen molar-refractivity contribution in [2.24, 2.45) is 28.9 Å². The van der Waals surface area contributed by atoms with Gasteiger partial charge in [-0.2, -0.15) is 0 Å². The van der Waals surface area contributed by atoms with Crippen LogP contribution in [0.3, 0.4) is 0 Å². The number of rotatable bonds is 3. The summed E-state index contributed by atoms with van der Waals surface area (Å²) >= 11 is 0.